The minimum Gasteiger partial charge on any atom is -0.463 e. The van der Waals surface area contributed by atoms with Crippen molar-refractivity contribution in [2.75, 3.05) is 6.61 Å². The number of nitrogens with zero attached hydrogens (tertiary/aromatic N) is 1. The Morgan fingerprint density at radius 2 is 1.26 bits per heavy atom. The molecule has 1 rings (SSSR count). The Labute approximate surface area is 196 Å². The SMILES string of the molecule is CC(=O)OC[C@H]1O[C@H](OC(C)=O)[C@H](N(C(C)=O)C(=O)OC(C)(C)C)[C@@H](OC(C)=O)[C@@H]1OC(C)=O. The van der Waals surface area contributed by atoms with Crippen molar-refractivity contribution in [3.8, 4) is 0 Å². The largest absolute Gasteiger partial charge is 0.463 e. The van der Waals surface area contributed by atoms with Gasteiger partial charge in [-0.15, -0.1) is 0 Å². The topological polar surface area (TPSA) is 161 Å². The maximum atomic E-state index is 13.0. The first-order valence-electron chi connectivity index (χ1n) is 10.4. The van der Waals surface area contributed by atoms with Crippen molar-refractivity contribution >= 4 is 35.9 Å². The van der Waals surface area contributed by atoms with E-state index in [0.717, 1.165) is 34.6 Å². The van der Waals surface area contributed by atoms with E-state index in [1.54, 1.807) is 20.8 Å². The molecule has 1 fully saturated rings. The molecule has 1 heterocycles. The maximum Gasteiger partial charge on any atom is 0.417 e. The molecule has 13 nitrogen and oxygen atoms in total. The lowest BCUT2D eigenvalue weighted by Crippen LogP contribution is -2.68. The molecule has 1 saturated heterocycles. The summed E-state index contributed by atoms with van der Waals surface area (Å²) in [6, 6.07) is -1.61. The summed E-state index contributed by atoms with van der Waals surface area (Å²) in [5, 5.41) is 0. The monoisotopic (exact) mass is 489 g/mol. The molecule has 0 saturated carbocycles. The number of hydrogen-bond donors (Lipinski definition) is 0. The van der Waals surface area contributed by atoms with E-state index < -0.39 is 78.7 Å². The van der Waals surface area contributed by atoms with Crippen molar-refractivity contribution in [2.24, 2.45) is 0 Å². The normalized spacial score (nSPS) is 24.3. The van der Waals surface area contributed by atoms with Crippen molar-refractivity contribution in [1.82, 2.24) is 4.90 Å². The van der Waals surface area contributed by atoms with Crippen LogP contribution in [0.5, 0.6) is 0 Å². The summed E-state index contributed by atoms with van der Waals surface area (Å²) in [6.07, 6.45) is -7.16. The number of ether oxygens (including phenoxy) is 6. The van der Waals surface area contributed by atoms with Crippen LogP contribution in [-0.2, 0) is 52.4 Å². The van der Waals surface area contributed by atoms with Crippen molar-refractivity contribution in [3.05, 3.63) is 0 Å². The summed E-state index contributed by atoms with van der Waals surface area (Å²) in [4.78, 5) is 73.0. The second-order valence-corrected chi connectivity index (χ2v) is 8.46. The Balaban J connectivity index is 3.66. The Hall–Kier alpha value is -3.22. The standard InChI is InChI=1S/C21H31NO12/c1-10(23)22(20(28)34-21(6,7)8)16-18(31-13(4)26)17(30-12(3)25)15(9-29-11(2)24)33-19(16)32-14(5)27/h15-19H,9H2,1-8H3/t15-,16-,17-,18-,19+/m1/s1. The zero-order valence-electron chi connectivity index (χ0n) is 20.4. The number of hydrogen-bond acceptors (Lipinski definition) is 12. The average molecular weight is 489 g/mol. The Bertz CT molecular complexity index is 817. The van der Waals surface area contributed by atoms with E-state index in [-0.39, 0.29) is 0 Å². The molecule has 0 radical (unpaired) electrons. The highest BCUT2D eigenvalue weighted by atomic mass is 16.7. The maximum absolute atomic E-state index is 13.0. The molecular weight excluding hydrogens is 458 g/mol. The lowest BCUT2D eigenvalue weighted by molar-refractivity contribution is -0.281. The van der Waals surface area contributed by atoms with Gasteiger partial charge >= 0.3 is 30.0 Å². The molecule has 0 aromatic rings. The lowest BCUT2D eigenvalue weighted by atomic mass is 9.94. The first-order valence-corrected chi connectivity index (χ1v) is 10.4. The van der Waals surface area contributed by atoms with Crippen molar-refractivity contribution in [1.29, 1.82) is 0 Å². The van der Waals surface area contributed by atoms with E-state index >= 15 is 0 Å². The van der Waals surface area contributed by atoms with Crippen LogP contribution in [0.2, 0.25) is 0 Å². The average Bonchev–Trinajstić information content (AvgIpc) is 2.61. The Kier molecular flexibility index (Phi) is 9.97. The molecule has 34 heavy (non-hydrogen) atoms. The zero-order chi connectivity index (χ0) is 26.4. The molecular formula is C21H31NO12. The van der Waals surface area contributed by atoms with Crippen LogP contribution in [0.1, 0.15) is 55.4 Å². The zero-order valence-corrected chi connectivity index (χ0v) is 20.4. The van der Waals surface area contributed by atoms with E-state index in [1.807, 2.05) is 0 Å². The van der Waals surface area contributed by atoms with Gasteiger partial charge in [0, 0.05) is 34.6 Å². The highest BCUT2D eigenvalue weighted by molar-refractivity contribution is 5.91. The van der Waals surface area contributed by atoms with Gasteiger partial charge in [-0.05, 0) is 20.8 Å². The van der Waals surface area contributed by atoms with E-state index in [4.69, 9.17) is 28.4 Å². The summed E-state index contributed by atoms with van der Waals surface area (Å²) < 4.78 is 31.8. The third-order valence-corrected chi connectivity index (χ3v) is 4.18. The number of carbonyl (C=O) groups excluding carboxylic acids is 6. The number of esters is 4. The van der Waals surface area contributed by atoms with Crippen LogP contribution >= 0.6 is 0 Å². The minimum atomic E-state index is -1.69. The van der Waals surface area contributed by atoms with Gasteiger partial charge in [0.1, 0.15) is 24.4 Å². The van der Waals surface area contributed by atoms with E-state index in [9.17, 15) is 28.8 Å². The van der Waals surface area contributed by atoms with Crippen LogP contribution < -0.4 is 0 Å². The molecule has 1 aliphatic rings. The third kappa shape index (κ3) is 8.61. The smallest absolute Gasteiger partial charge is 0.417 e. The van der Waals surface area contributed by atoms with Crippen LogP contribution in [0.4, 0.5) is 4.79 Å². The van der Waals surface area contributed by atoms with Gasteiger partial charge in [0.15, 0.2) is 12.2 Å². The number of imide groups is 1. The lowest BCUT2D eigenvalue weighted by Gasteiger charge is -2.47. The summed E-state index contributed by atoms with van der Waals surface area (Å²) in [5.74, 6) is -4.11. The second-order valence-electron chi connectivity index (χ2n) is 8.46. The molecule has 0 aliphatic carbocycles. The van der Waals surface area contributed by atoms with E-state index in [0.29, 0.717) is 4.90 Å². The van der Waals surface area contributed by atoms with Crippen LogP contribution in [0, 0.1) is 0 Å². The predicted octanol–water partition coefficient (Wildman–Crippen LogP) is 0.853. The van der Waals surface area contributed by atoms with Crippen LogP contribution in [-0.4, -0.2) is 83.6 Å². The molecule has 1 aliphatic heterocycles. The van der Waals surface area contributed by atoms with Gasteiger partial charge in [-0.25, -0.2) is 9.69 Å². The van der Waals surface area contributed by atoms with E-state index in [2.05, 4.69) is 0 Å². The fraction of sp³-hybridized carbons (Fsp3) is 0.714. The summed E-state index contributed by atoms with van der Waals surface area (Å²) in [6.45, 7) is 9.51. The molecule has 0 N–H and O–H groups in total. The van der Waals surface area contributed by atoms with Gasteiger partial charge in [-0.1, -0.05) is 0 Å². The van der Waals surface area contributed by atoms with Gasteiger partial charge in [-0.2, -0.15) is 0 Å². The Morgan fingerprint density at radius 3 is 1.68 bits per heavy atom. The van der Waals surface area contributed by atoms with Crippen LogP contribution in [0.3, 0.4) is 0 Å². The summed E-state index contributed by atoms with van der Waals surface area (Å²) >= 11 is 0. The highest BCUT2D eigenvalue weighted by Crippen LogP contribution is 2.32. The summed E-state index contributed by atoms with van der Waals surface area (Å²) in [5.41, 5.74) is -1.03. The molecule has 192 valence electrons. The fourth-order valence-electron chi connectivity index (χ4n) is 3.19. The first-order chi connectivity index (χ1) is 15.5. The number of amides is 2. The van der Waals surface area contributed by atoms with Crippen LogP contribution in [0.15, 0.2) is 0 Å². The van der Waals surface area contributed by atoms with Gasteiger partial charge in [0.05, 0.1) is 0 Å². The molecule has 13 heteroatoms. The fourth-order valence-corrected chi connectivity index (χ4v) is 3.19. The van der Waals surface area contributed by atoms with Crippen molar-refractivity contribution < 1.29 is 57.2 Å². The molecule has 0 aromatic carbocycles. The summed E-state index contributed by atoms with van der Waals surface area (Å²) in [7, 11) is 0. The van der Waals surface area contributed by atoms with Gasteiger partial charge in [0.25, 0.3) is 0 Å². The molecule has 0 unspecified atom stereocenters. The molecule has 2 amide bonds. The Morgan fingerprint density at radius 1 is 0.765 bits per heavy atom. The molecule has 5 atom stereocenters. The quantitative estimate of drug-likeness (QED) is 0.383. The second kappa shape index (κ2) is 11.8. The minimum absolute atomic E-state index is 0.484. The predicted molar refractivity (Wildman–Crippen MR) is 111 cm³/mol. The molecule has 0 aromatic heterocycles. The van der Waals surface area contributed by atoms with Crippen molar-refractivity contribution in [3.63, 3.8) is 0 Å². The number of carbonyl (C=O) groups is 6. The van der Waals surface area contributed by atoms with Crippen molar-refractivity contribution in [2.45, 2.75) is 91.6 Å². The first kappa shape index (κ1) is 28.8. The van der Waals surface area contributed by atoms with Gasteiger partial charge in [-0.3, -0.25) is 24.0 Å². The highest BCUT2D eigenvalue weighted by Gasteiger charge is 2.56. The van der Waals surface area contributed by atoms with E-state index in [1.165, 1.54) is 0 Å². The van der Waals surface area contributed by atoms with Gasteiger partial charge in [0.2, 0.25) is 12.2 Å². The van der Waals surface area contributed by atoms with Gasteiger partial charge < -0.3 is 28.4 Å². The number of rotatable bonds is 6. The van der Waals surface area contributed by atoms with Crippen LogP contribution in [0.25, 0.3) is 0 Å². The molecule has 0 bridgehead atoms. The molecule has 0 spiro atoms. The third-order valence-electron chi connectivity index (χ3n) is 4.18.